The Morgan fingerprint density at radius 2 is 2.00 bits per heavy atom. The second-order valence-corrected chi connectivity index (χ2v) is 9.91. The minimum atomic E-state index is -1.34. The number of carboxylic acids is 1. The predicted octanol–water partition coefficient (Wildman–Crippen LogP) is 3.31. The summed E-state index contributed by atoms with van der Waals surface area (Å²) in [6.07, 6.45) is 3.25. The molecule has 2 fully saturated rings. The maximum absolute atomic E-state index is 15.1. The van der Waals surface area contributed by atoms with Crippen molar-refractivity contribution in [1.29, 1.82) is 0 Å². The first-order valence-electron chi connectivity index (χ1n) is 11.2. The second-order valence-electron chi connectivity index (χ2n) is 9.91. The fourth-order valence-corrected chi connectivity index (χ4v) is 4.24. The van der Waals surface area contributed by atoms with Crippen LogP contribution in [0.25, 0.3) is 11.0 Å². The van der Waals surface area contributed by atoms with Crippen molar-refractivity contribution in [2.45, 2.75) is 64.6 Å². The Morgan fingerprint density at radius 1 is 1.30 bits per heavy atom. The summed E-state index contributed by atoms with van der Waals surface area (Å²) >= 11 is 0. The van der Waals surface area contributed by atoms with Crippen LogP contribution in [0, 0.1) is 11.7 Å². The zero-order chi connectivity index (χ0) is 24.1. The molecule has 1 aliphatic carbocycles. The van der Waals surface area contributed by atoms with Crippen molar-refractivity contribution >= 4 is 28.9 Å². The van der Waals surface area contributed by atoms with Crippen molar-refractivity contribution in [3.8, 4) is 0 Å². The van der Waals surface area contributed by atoms with Gasteiger partial charge in [0.05, 0.1) is 5.39 Å². The number of rotatable bonds is 5. The summed E-state index contributed by atoms with van der Waals surface area (Å²) in [6, 6.07) is 0.971. The Labute approximate surface area is 190 Å². The van der Waals surface area contributed by atoms with Crippen LogP contribution >= 0.6 is 0 Å². The van der Waals surface area contributed by atoms with Crippen molar-refractivity contribution in [2.24, 2.45) is 5.92 Å². The van der Waals surface area contributed by atoms with E-state index in [9.17, 15) is 19.5 Å². The summed E-state index contributed by atoms with van der Waals surface area (Å²) in [6.45, 7) is 8.30. The normalized spacial score (nSPS) is 19.5. The van der Waals surface area contributed by atoms with Gasteiger partial charge in [-0.15, -0.1) is 0 Å². The summed E-state index contributed by atoms with van der Waals surface area (Å²) in [5.74, 6) is -1.81. The van der Waals surface area contributed by atoms with E-state index in [2.05, 4.69) is 10.3 Å². The van der Waals surface area contributed by atoms with Gasteiger partial charge in [-0.1, -0.05) is 0 Å². The molecule has 2 aromatic rings. The number of carbonyl (C=O) groups excluding carboxylic acids is 1. The van der Waals surface area contributed by atoms with Gasteiger partial charge in [-0.05, 0) is 58.9 Å². The minimum Gasteiger partial charge on any atom is -0.477 e. The van der Waals surface area contributed by atoms with Gasteiger partial charge in [0.1, 0.15) is 16.8 Å². The van der Waals surface area contributed by atoms with Gasteiger partial charge in [-0.25, -0.2) is 19.0 Å². The summed E-state index contributed by atoms with van der Waals surface area (Å²) in [4.78, 5) is 42.5. The molecule has 0 unspecified atom stereocenters. The molecule has 33 heavy (non-hydrogen) atoms. The number of aromatic nitrogens is 2. The van der Waals surface area contributed by atoms with E-state index in [1.807, 2.05) is 6.92 Å². The van der Waals surface area contributed by atoms with Crippen molar-refractivity contribution in [3.63, 3.8) is 0 Å². The number of hydrogen-bond donors (Lipinski definition) is 2. The molecule has 1 saturated carbocycles. The molecule has 2 atom stereocenters. The monoisotopic (exact) mass is 460 g/mol. The average Bonchev–Trinajstić information content (AvgIpc) is 3.42. The second kappa shape index (κ2) is 8.31. The molecule has 1 aliphatic heterocycles. The predicted molar refractivity (Wildman–Crippen MR) is 120 cm³/mol. The third-order valence-corrected chi connectivity index (χ3v) is 6.09. The molecule has 178 valence electrons. The van der Waals surface area contributed by atoms with Crippen LogP contribution in [-0.4, -0.2) is 51.5 Å². The van der Waals surface area contributed by atoms with Crippen LogP contribution in [0.5, 0.6) is 0 Å². The largest absolute Gasteiger partial charge is 0.477 e. The lowest BCUT2D eigenvalue weighted by Crippen LogP contribution is -2.42. The Morgan fingerprint density at radius 3 is 2.61 bits per heavy atom. The highest BCUT2D eigenvalue weighted by Gasteiger charge is 2.33. The van der Waals surface area contributed by atoms with Gasteiger partial charge in [-0.3, -0.25) is 4.79 Å². The SMILES string of the molecule is C[C@@H](NC(=O)OC(C)(C)C)[C@H]1CCN(c2nc3c(cc2F)c(=O)c(C(=O)O)cn3C2CC2)C1. The zero-order valence-corrected chi connectivity index (χ0v) is 19.2. The lowest BCUT2D eigenvalue weighted by Gasteiger charge is -2.25. The van der Waals surface area contributed by atoms with E-state index < -0.39 is 28.9 Å². The average molecular weight is 461 g/mol. The number of nitrogens with zero attached hydrogens (tertiary/aromatic N) is 3. The first-order chi connectivity index (χ1) is 15.4. The Hall–Kier alpha value is -3.17. The molecule has 10 heteroatoms. The number of hydrogen-bond acceptors (Lipinski definition) is 6. The number of fused-ring (bicyclic) bond motifs is 1. The Kier molecular flexibility index (Phi) is 5.79. The molecule has 0 aromatic carbocycles. The van der Waals surface area contributed by atoms with Gasteiger partial charge in [-0.2, -0.15) is 0 Å². The van der Waals surface area contributed by atoms with Crippen molar-refractivity contribution in [2.75, 3.05) is 18.0 Å². The molecule has 4 rings (SSSR count). The summed E-state index contributed by atoms with van der Waals surface area (Å²) in [7, 11) is 0. The van der Waals surface area contributed by atoms with Crippen LogP contribution in [0.2, 0.25) is 0 Å². The number of alkyl carbamates (subject to hydrolysis) is 1. The molecule has 9 nitrogen and oxygen atoms in total. The maximum atomic E-state index is 15.1. The number of ether oxygens (including phenoxy) is 1. The van der Waals surface area contributed by atoms with Gasteiger partial charge in [0.2, 0.25) is 5.43 Å². The molecule has 1 amide bonds. The zero-order valence-electron chi connectivity index (χ0n) is 19.2. The van der Waals surface area contributed by atoms with Crippen LogP contribution < -0.4 is 15.6 Å². The van der Waals surface area contributed by atoms with Gasteiger partial charge in [0.25, 0.3) is 0 Å². The number of amides is 1. The number of nitrogens with one attached hydrogen (secondary N) is 1. The number of pyridine rings is 2. The van der Waals surface area contributed by atoms with Crippen molar-refractivity contribution < 1.29 is 23.8 Å². The number of aromatic carboxylic acids is 1. The number of halogens is 1. The van der Waals surface area contributed by atoms with Gasteiger partial charge >= 0.3 is 12.1 Å². The summed E-state index contributed by atoms with van der Waals surface area (Å²) in [5, 5.41) is 12.2. The van der Waals surface area contributed by atoms with Crippen LogP contribution in [0.3, 0.4) is 0 Å². The first-order valence-corrected chi connectivity index (χ1v) is 11.2. The quantitative estimate of drug-likeness (QED) is 0.704. The minimum absolute atomic E-state index is 0.0289. The third-order valence-electron chi connectivity index (χ3n) is 6.09. The van der Waals surface area contributed by atoms with Gasteiger partial charge in [0.15, 0.2) is 11.6 Å². The molecule has 2 N–H and O–H groups in total. The molecule has 1 saturated heterocycles. The van der Waals surface area contributed by atoms with Crippen LogP contribution in [0.1, 0.15) is 63.4 Å². The molecular formula is C23H29FN4O5. The molecule has 2 aliphatic rings. The number of anilines is 1. The molecular weight excluding hydrogens is 431 g/mol. The molecule has 3 heterocycles. The van der Waals surface area contributed by atoms with Crippen LogP contribution in [0.4, 0.5) is 15.0 Å². The highest BCUT2D eigenvalue weighted by atomic mass is 19.1. The van der Waals surface area contributed by atoms with E-state index in [4.69, 9.17) is 4.74 Å². The topological polar surface area (TPSA) is 114 Å². The fraction of sp³-hybridized carbons (Fsp3) is 0.565. The van der Waals surface area contributed by atoms with Gasteiger partial charge in [0, 0.05) is 31.4 Å². The molecule has 0 radical (unpaired) electrons. The molecule has 0 spiro atoms. The van der Waals surface area contributed by atoms with E-state index in [-0.39, 0.29) is 34.8 Å². The van der Waals surface area contributed by atoms with Crippen LogP contribution in [0.15, 0.2) is 17.1 Å². The standard InChI is InChI=1S/C23H29FN4O5/c1-12(25-22(32)33-23(2,3)4)13-7-8-27(10-13)20-17(24)9-15-18(29)16(21(30)31)11-28(14-5-6-14)19(15)26-20/h9,11-14H,5-8,10H2,1-4H3,(H,25,32)(H,30,31)/t12-,13+/m1/s1. The highest BCUT2D eigenvalue weighted by molar-refractivity contribution is 5.92. The molecule has 2 aromatic heterocycles. The first kappa shape index (κ1) is 23.0. The molecule has 0 bridgehead atoms. The van der Waals surface area contributed by atoms with E-state index in [1.165, 1.54) is 6.20 Å². The van der Waals surface area contributed by atoms with E-state index in [0.717, 1.165) is 25.3 Å². The fourth-order valence-electron chi connectivity index (χ4n) is 4.24. The summed E-state index contributed by atoms with van der Waals surface area (Å²) < 4.78 is 22.1. The van der Waals surface area contributed by atoms with E-state index >= 15 is 4.39 Å². The van der Waals surface area contributed by atoms with Crippen molar-refractivity contribution in [1.82, 2.24) is 14.9 Å². The Balaban J connectivity index is 1.59. The Bertz CT molecular complexity index is 1170. The lowest BCUT2D eigenvalue weighted by atomic mass is 10.0. The van der Waals surface area contributed by atoms with Crippen LogP contribution in [-0.2, 0) is 4.74 Å². The maximum Gasteiger partial charge on any atom is 0.407 e. The summed E-state index contributed by atoms with van der Waals surface area (Å²) in [5.41, 5.74) is -1.41. The highest BCUT2D eigenvalue weighted by Crippen LogP contribution is 2.37. The number of carbonyl (C=O) groups is 2. The van der Waals surface area contributed by atoms with E-state index in [0.29, 0.717) is 18.7 Å². The lowest BCUT2D eigenvalue weighted by molar-refractivity contribution is 0.0494. The van der Waals surface area contributed by atoms with E-state index in [1.54, 1.807) is 30.2 Å². The third kappa shape index (κ3) is 4.79. The number of carboxylic acid groups (broad SMARTS) is 1. The smallest absolute Gasteiger partial charge is 0.407 e. The van der Waals surface area contributed by atoms with Crippen molar-refractivity contribution in [3.05, 3.63) is 33.9 Å². The van der Waals surface area contributed by atoms with Gasteiger partial charge < -0.3 is 24.6 Å².